The van der Waals surface area contributed by atoms with Gasteiger partial charge in [0.05, 0.1) is 12.2 Å². The number of halogens is 1. The third-order valence-electron chi connectivity index (χ3n) is 3.71. The molecule has 0 aromatic heterocycles. The number of alkyl halides is 1. The molecule has 0 spiro atoms. The Morgan fingerprint density at radius 1 is 1.29 bits per heavy atom. The van der Waals surface area contributed by atoms with Gasteiger partial charge in [0.2, 0.25) is 0 Å². The van der Waals surface area contributed by atoms with Crippen molar-refractivity contribution in [1.29, 1.82) is 0 Å². The monoisotopic (exact) mass is 308 g/mol. The molecular weight excluding hydrogens is 287 g/mol. The first kappa shape index (κ1) is 11.2. The first-order chi connectivity index (χ1) is 6.83. The minimum Gasteiger partial charge on any atom is -0.374 e. The first-order valence-corrected chi connectivity index (χ1v) is 7.37. The molecule has 1 aliphatic carbocycles. The van der Waals surface area contributed by atoms with Crippen molar-refractivity contribution < 1.29 is 4.74 Å². The van der Waals surface area contributed by atoms with Crippen LogP contribution in [-0.4, -0.2) is 16.1 Å². The topological polar surface area (TPSA) is 9.23 Å². The van der Waals surface area contributed by atoms with Gasteiger partial charge in [-0.15, -0.1) is 0 Å². The Morgan fingerprint density at radius 3 is 2.79 bits per heavy atom. The van der Waals surface area contributed by atoms with Crippen molar-refractivity contribution in [3.63, 3.8) is 0 Å². The molecule has 2 aliphatic rings. The van der Waals surface area contributed by atoms with Gasteiger partial charge in [-0.25, -0.2) is 0 Å². The maximum Gasteiger partial charge on any atom is 0.0700 e. The molecule has 0 aromatic rings. The number of unbranched alkanes of at least 4 members (excludes halogenated alkanes) is 1. The van der Waals surface area contributed by atoms with Crippen LogP contribution in [0.15, 0.2) is 0 Å². The van der Waals surface area contributed by atoms with Crippen LogP contribution in [0.2, 0.25) is 0 Å². The molecule has 2 fully saturated rings. The van der Waals surface area contributed by atoms with Crippen LogP contribution < -0.4 is 0 Å². The molecule has 14 heavy (non-hydrogen) atoms. The van der Waals surface area contributed by atoms with Gasteiger partial charge in [-0.3, -0.25) is 0 Å². The Morgan fingerprint density at radius 2 is 2.07 bits per heavy atom. The molecule has 82 valence electrons. The summed E-state index contributed by atoms with van der Waals surface area (Å²) in [5, 5.41) is 0. The molecule has 4 atom stereocenters. The van der Waals surface area contributed by atoms with Crippen LogP contribution in [-0.2, 0) is 4.74 Å². The fourth-order valence-corrected chi connectivity index (χ4v) is 4.22. The lowest BCUT2D eigenvalue weighted by Gasteiger charge is -2.24. The van der Waals surface area contributed by atoms with Crippen molar-refractivity contribution in [1.82, 2.24) is 0 Å². The van der Waals surface area contributed by atoms with Crippen LogP contribution in [0.5, 0.6) is 0 Å². The molecule has 1 saturated heterocycles. The van der Waals surface area contributed by atoms with Crippen molar-refractivity contribution >= 4 is 22.6 Å². The number of hydrogen-bond donors (Lipinski definition) is 0. The second-order valence-electron chi connectivity index (χ2n) is 4.75. The maximum atomic E-state index is 6.17. The zero-order valence-electron chi connectivity index (χ0n) is 9.05. The van der Waals surface area contributed by atoms with Gasteiger partial charge in [-0.05, 0) is 25.2 Å². The van der Waals surface area contributed by atoms with E-state index in [0.717, 1.165) is 9.84 Å². The Balaban J connectivity index is 1.89. The van der Waals surface area contributed by atoms with E-state index in [1.165, 1.54) is 44.9 Å². The zero-order valence-corrected chi connectivity index (χ0v) is 11.2. The minimum absolute atomic E-state index is 0.573. The second-order valence-corrected chi connectivity index (χ2v) is 6.19. The van der Waals surface area contributed by atoms with E-state index in [1.807, 2.05) is 0 Å². The Labute approximate surface area is 101 Å². The van der Waals surface area contributed by atoms with Crippen molar-refractivity contribution in [2.24, 2.45) is 5.92 Å². The molecular formula is C12H21IO. The maximum absolute atomic E-state index is 6.17. The SMILES string of the molecule is CCCC[C@@H]1O[C@@H]2CCCC[C@@H]2[C@H]1I. The fraction of sp³-hybridized carbons (Fsp3) is 1.00. The highest BCUT2D eigenvalue weighted by molar-refractivity contribution is 14.1. The van der Waals surface area contributed by atoms with E-state index in [4.69, 9.17) is 4.74 Å². The van der Waals surface area contributed by atoms with Gasteiger partial charge in [0.25, 0.3) is 0 Å². The number of fused-ring (bicyclic) bond motifs is 1. The summed E-state index contributed by atoms with van der Waals surface area (Å²) in [6.45, 7) is 2.27. The predicted octanol–water partition coefficient (Wildman–Crippen LogP) is 3.94. The first-order valence-electron chi connectivity index (χ1n) is 6.12. The number of hydrogen-bond acceptors (Lipinski definition) is 1. The lowest BCUT2D eigenvalue weighted by atomic mass is 9.85. The van der Waals surface area contributed by atoms with Gasteiger partial charge in [0.15, 0.2) is 0 Å². The highest BCUT2D eigenvalue weighted by atomic mass is 127. The highest BCUT2D eigenvalue weighted by Crippen LogP contribution is 2.42. The van der Waals surface area contributed by atoms with E-state index in [-0.39, 0.29) is 0 Å². The molecule has 1 saturated carbocycles. The van der Waals surface area contributed by atoms with Gasteiger partial charge >= 0.3 is 0 Å². The average molecular weight is 308 g/mol. The van der Waals surface area contributed by atoms with Gasteiger partial charge in [-0.1, -0.05) is 55.2 Å². The van der Waals surface area contributed by atoms with Crippen LogP contribution in [0.25, 0.3) is 0 Å². The molecule has 2 heteroatoms. The van der Waals surface area contributed by atoms with E-state index in [9.17, 15) is 0 Å². The predicted molar refractivity (Wildman–Crippen MR) is 68.0 cm³/mol. The van der Waals surface area contributed by atoms with E-state index in [2.05, 4.69) is 29.5 Å². The molecule has 0 aromatic carbocycles. The van der Waals surface area contributed by atoms with Gasteiger partial charge in [0.1, 0.15) is 0 Å². The summed E-state index contributed by atoms with van der Waals surface area (Å²) in [6.07, 6.45) is 10.7. The molecule has 0 unspecified atom stereocenters. The second kappa shape index (κ2) is 5.15. The molecule has 0 N–H and O–H groups in total. The quantitative estimate of drug-likeness (QED) is 0.567. The molecule has 1 aliphatic heterocycles. The van der Waals surface area contributed by atoms with E-state index in [0.29, 0.717) is 12.2 Å². The van der Waals surface area contributed by atoms with Crippen molar-refractivity contribution in [2.45, 2.75) is 68.0 Å². The summed E-state index contributed by atoms with van der Waals surface area (Å²) in [5.41, 5.74) is 0. The minimum atomic E-state index is 0.573. The lowest BCUT2D eigenvalue weighted by Crippen LogP contribution is -2.24. The van der Waals surface area contributed by atoms with Crippen LogP contribution in [0.4, 0.5) is 0 Å². The van der Waals surface area contributed by atoms with Crippen molar-refractivity contribution in [3.05, 3.63) is 0 Å². The van der Waals surface area contributed by atoms with Crippen LogP contribution in [0.3, 0.4) is 0 Å². The molecule has 0 radical (unpaired) electrons. The standard InChI is InChI=1S/C12H21IO/c1-2-3-7-11-12(13)9-6-4-5-8-10(9)14-11/h9-12H,2-8H2,1H3/t9-,10+,11-,12+/m0/s1. The van der Waals surface area contributed by atoms with Gasteiger partial charge in [-0.2, -0.15) is 0 Å². The number of rotatable bonds is 3. The summed E-state index contributed by atoms with van der Waals surface area (Å²) in [7, 11) is 0. The summed E-state index contributed by atoms with van der Waals surface area (Å²) in [4.78, 5) is 0. The Bertz CT molecular complexity index is 183. The highest BCUT2D eigenvalue weighted by Gasteiger charge is 2.42. The number of ether oxygens (including phenoxy) is 1. The van der Waals surface area contributed by atoms with Crippen LogP contribution in [0, 0.1) is 5.92 Å². The summed E-state index contributed by atoms with van der Waals surface area (Å²) in [5.74, 6) is 0.881. The average Bonchev–Trinajstić information content (AvgIpc) is 2.54. The van der Waals surface area contributed by atoms with E-state index < -0.39 is 0 Å². The lowest BCUT2D eigenvalue weighted by molar-refractivity contribution is 0.0155. The molecule has 1 heterocycles. The largest absolute Gasteiger partial charge is 0.374 e. The summed E-state index contributed by atoms with van der Waals surface area (Å²) in [6, 6.07) is 0. The van der Waals surface area contributed by atoms with Gasteiger partial charge in [0, 0.05) is 3.92 Å². The Kier molecular flexibility index (Phi) is 4.11. The summed E-state index contributed by atoms with van der Waals surface area (Å²) < 4.78 is 6.97. The van der Waals surface area contributed by atoms with Crippen LogP contribution >= 0.6 is 22.6 Å². The normalized spacial score (nSPS) is 42.4. The van der Waals surface area contributed by atoms with Gasteiger partial charge < -0.3 is 4.74 Å². The molecule has 0 bridgehead atoms. The van der Waals surface area contributed by atoms with Crippen molar-refractivity contribution in [2.75, 3.05) is 0 Å². The van der Waals surface area contributed by atoms with Crippen LogP contribution in [0.1, 0.15) is 51.9 Å². The third kappa shape index (κ3) is 2.26. The van der Waals surface area contributed by atoms with E-state index >= 15 is 0 Å². The van der Waals surface area contributed by atoms with E-state index in [1.54, 1.807) is 0 Å². The smallest absolute Gasteiger partial charge is 0.0700 e. The summed E-state index contributed by atoms with van der Waals surface area (Å²) >= 11 is 2.64. The third-order valence-corrected chi connectivity index (χ3v) is 5.44. The Hall–Kier alpha value is 0.690. The molecule has 2 rings (SSSR count). The molecule has 1 nitrogen and oxygen atoms in total. The van der Waals surface area contributed by atoms with Crippen molar-refractivity contribution in [3.8, 4) is 0 Å². The molecule has 0 amide bonds. The fourth-order valence-electron chi connectivity index (χ4n) is 2.87. The zero-order chi connectivity index (χ0) is 9.97.